The van der Waals surface area contributed by atoms with Gasteiger partial charge in [0.25, 0.3) is 5.91 Å². The maximum atomic E-state index is 12.8. The lowest BCUT2D eigenvalue weighted by Crippen LogP contribution is -2.35. The molecule has 1 unspecified atom stereocenters. The van der Waals surface area contributed by atoms with E-state index in [0.29, 0.717) is 24.6 Å². The first-order valence-corrected chi connectivity index (χ1v) is 8.25. The lowest BCUT2D eigenvalue weighted by molar-refractivity contribution is -0.147. The molecule has 6 heteroatoms. The van der Waals surface area contributed by atoms with Gasteiger partial charge in [0.2, 0.25) is 0 Å². The molecule has 1 N–H and O–H groups in total. The zero-order valence-corrected chi connectivity index (χ0v) is 14.3. The Morgan fingerprint density at radius 1 is 1.35 bits per heavy atom. The number of aromatic nitrogens is 2. The highest BCUT2D eigenvalue weighted by Gasteiger charge is 2.43. The highest BCUT2D eigenvalue weighted by atomic mass is 16.4. The quantitative estimate of drug-likeness (QED) is 0.928. The fraction of sp³-hybridized carbons (Fsp3) is 0.706. The minimum atomic E-state index is -0.846. The molecule has 2 fully saturated rings. The van der Waals surface area contributed by atoms with Crippen LogP contribution in [-0.4, -0.2) is 44.8 Å². The number of carboxylic acids is 1. The number of hydrogen-bond donors (Lipinski definition) is 1. The van der Waals surface area contributed by atoms with E-state index in [0.717, 1.165) is 18.5 Å². The van der Waals surface area contributed by atoms with Gasteiger partial charge in [-0.25, -0.2) is 0 Å². The summed E-state index contributed by atoms with van der Waals surface area (Å²) >= 11 is 0. The molecular formula is C17H25N3O3. The number of amides is 1. The van der Waals surface area contributed by atoms with Crippen molar-refractivity contribution in [1.29, 1.82) is 0 Å². The lowest BCUT2D eigenvalue weighted by Gasteiger charge is -2.22. The molecule has 6 nitrogen and oxygen atoms in total. The maximum Gasteiger partial charge on any atom is 0.311 e. The molecule has 0 radical (unpaired) electrons. The second-order valence-corrected chi connectivity index (χ2v) is 8.15. The topological polar surface area (TPSA) is 75.4 Å². The molecule has 0 aromatic carbocycles. The molecule has 0 bridgehead atoms. The van der Waals surface area contributed by atoms with E-state index in [1.165, 1.54) is 0 Å². The largest absolute Gasteiger partial charge is 0.481 e. The number of carboxylic acid groups (broad SMARTS) is 1. The Bertz CT molecular complexity index is 655. The van der Waals surface area contributed by atoms with Crippen molar-refractivity contribution in [1.82, 2.24) is 14.7 Å². The Morgan fingerprint density at radius 3 is 2.48 bits per heavy atom. The molecular weight excluding hydrogens is 294 g/mol. The number of aliphatic carboxylic acids is 1. The van der Waals surface area contributed by atoms with Crippen LogP contribution in [0.25, 0.3) is 0 Å². The maximum absolute atomic E-state index is 12.8. The minimum Gasteiger partial charge on any atom is -0.481 e. The number of hydrogen-bond acceptors (Lipinski definition) is 3. The summed E-state index contributed by atoms with van der Waals surface area (Å²) in [5.41, 5.74) is 0.552. The van der Waals surface area contributed by atoms with Gasteiger partial charge in [-0.3, -0.25) is 14.3 Å². The van der Waals surface area contributed by atoms with E-state index >= 15 is 0 Å². The molecule has 2 heterocycles. The van der Waals surface area contributed by atoms with Crippen molar-refractivity contribution < 1.29 is 14.7 Å². The van der Waals surface area contributed by atoms with Crippen LogP contribution in [-0.2, 0) is 10.3 Å². The molecule has 23 heavy (non-hydrogen) atoms. The van der Waals surface area contributed by atoms with E-state index in [9.17, 15) is 14.7 Å². The van der Waals surface area contributed by atoms with Crippen LogP contribution in [0.3, 0.4) is 0 Å². The molecule has 1 aromatic rings. The average Bonchev–Trinajstić information content (AvgIpc) is 3.05. The summed E-state index contributed by atoms with van der Waals surface area (Å²) in [7, 11) is 0. The third-order valence-corrected chi connectivity index (χ3v) is 4.86. The first-order valence-electron chi connectivity index (χ1n) is 8.25. The summed E-state index contributed by atoms with van der Waals surface area (Å²) in [6.07, 6.45) is 2.79. The van der Waals surface area contributed by atoms with Gasteiger partial charge in [0.05, 0.1) is 11.0 Å². The second kappa shape index (κ2) is 5.08. The summed E-state index contributed by atoms with van der Waals surface area (Å²) in [6.45, 7) is 8.67. The van der Waals surface area contributed by atoms with Crippen molar-refractivity contribution in [2.45, 2.75) is 58.4 Å². The number of carbonyl (C=O) groups excluding carboxylic acids is 1. The molecule has 1 atom stereocenters. The van der Waals surface area contributed by atoms with Crippen LogP contribution in [0.4, 0.5) is 0 Å². The fourth-order valence-electron chi connectivity index (χ4n) is 3.18. The Kier molecular flexibility index (Phi) is 3.54. The van der Waals surface area contributed by atoms with Crippen LogP contribution in [0.2, 0.25) is 0 Å². The summed E-state index contributed by atoms with van der Waals surface area (Å²) in [5.74, 6) is -0.488. The van der Waals surface area contributed by atoms with Gasteiger partial charge in [-0.1, -0.05) is 0 Å². The van der Waals surface area contributed by atoms with E-state index in [1.807, 2.05) is 10.7 Å². The van der Waals surface area contributed by atoms with Crippen molar-refractivity contribution in [2.75, 3.05) is 13.1 Å². The minimum absolute atomic E-state index is 0.153. The van der Waals surface area contributed by atoms with Gasteiger partial charge >= 0.3 is 5.97 Å². The highest BCUT2D eigenvalue weighted by Crippen LogP contribution is 2.42. The van der Waals surface area contributed by atoms with Crippen molar-refractivity contribution in [3.05, 3.63) is 17.5 Å². The van der Waals surface area contributed by atoms with Gasteiger partial charge in [-0.15, -0.1) is 0 Å². The Hall–Kier alpha value is -1.85. The van der Waals surface area contributed by atoms with Crippen LogP contribution in [0.1, 0.15) is 69.1 Å². The zero-order valence-electron chi connectivity index (χ0n) is 14.3. The van der Waals surface area contributed by atoms with Gasteiger partial charge in [0, 0.05) is 24.7 Å². The van der Waals surface area contributed by atoms with Gasteiger partial charge in [-0.2, -0.15) is 5.10 Å². The molecule has 3 rings (SSSR count). The molecule has 1 aliphatic heterocycles. The molecule has 1 amide bonds. The molecule has 1 saturated carbocycles. The molecule has 0 spiro atoms. The van der Waals surface area contributed by atoms with Gasteiger partial charge in [-0.05, 0) is 53.0 Å². The number of likely N-dealkylation sites (tertiary alicyclic amines) is 1. The molecule has 1 saturated heterocycles. The van der Waals surface area contributed by atoms with E-state index < -0.39 is 11.4 Å². The van der Waals surface area contributed by atoms with Crippen LogP contribution in [0, 0.1) is 5.41 Å². The third-order valence-electron chi connectivity index (χ3n) is 4.86. The van der Waals surface area contributed by atoms with Gasteiger partial charge < -0.3 is 10.0 Å². The van der Waals surface area contributed by atoms with Crippen molar-refractivity contribution >= 4 is 11.9 Å². The lowest BCUT2D eigenvalue weighted by atomic mass is 9.90. The zero-order chi connectivity index (χ0) is 17.0. The third kappa shape index (κ3) is 2.86. The van der Waals surface area contributed by atoms with Crippen LogP contribution in [0.5, 0.6) is 0 Å². The second-order valence-electron chi connectivity index (χ2n) is 8.15. The number of rotatable bonds is 3. The molecule has 1 aromatic heterocycles. The Morgan fingerprint density at radius 2 is 2.00 bits per heavy atom. The monoisotopic (exact) mass is 319 g/mol. The molecule has 2 aliphatic rings. The van der Waals surface area contributed by atoms with Crippen molar-refractivity contribution in [3.63, 3.8) is 0 Å². The van der Waals surface area contributed by atoms with E-state index in [2.05, 4.69) is 25.9 Å². The molecule has 126 valence electrons. The smallest absolute Gasteiger partial charge is 0.311 e. The summed E-state index contributed by atoms with van der Waals surface area (Å²) in [4.78, 5) is 25.7. The van der Waals surface area contributed by atoms with E-state index in [-0.39, 0.29) is 18.0 Å². The van der Waals surface area contributed by atoms with Gasteiger partial charge in [0.1, 0.15) is 0 Å². The Labute approximate surface area is 136 Å². The fourth-order valence-corrected chi connectivity index (χ4v) is 3.18. The summed E-state index contributed by atoms with van der Waals surface area (Å²) in [5, 5.41) is 13.9. The predicted molar refractivity (Wildman–Crippen MR) is 85.5 cm³/mol. The standard InChI is InChI=1S/C17H25N3O3/c1-16(2,3)20-13(11-5-6-11)9-12(18-20)14(21)19-8-7-17(4,10-19)15(22)23/h9,11H,5-8,10H2,1-4H3,(H,22,23). The van der Waals surface area contributed by atoms with Crippen molar-refractivity contribution in [3.8, 4) is 0 Å². The van der Waals surface area contributed by atoms with Crippen molar-refractivity contribution in [2.24, 2.45) is 5.41 Å². The normalized spacial score (nSPS) is 25.0. The van der Waals surface area contributed by atoms with E-state index in [4.69, 9.17) is 0 Å². The highest BCUT2D eigenvalue weighted by molar-refractivity contribution is 5.93. The van der Waals surface area contributed by atoms with Crippen LogP contribution >= 0.6 is 0 Å². The first-order chi connectivity index (χ1) is 10.6. The number of nitrogens with zero attached hydrogens (tertiary/aromatic N) is 3. The van der Waals surface area contributed by atoms with Crippen LogP contribution in [0.15, 0.2) is 6.07 Å². The SMILES string of the molecule is CC1(C(=O)O)CCN(C(=O)c2cc(C3CC3)n(C(C)(C)C)n2)C1. The number of carbonyl (C=O) groups is 2. The van der Waals surface area contributed by atoms with E-state index in [1.54, 1.807) is 11.8 Å². The summed E-state index contributed by atoms with van der Waals surface area (Å²) in [6, 6.07) is 1.90. The average molecular weight is 319 g/mol. The first kappa shape index (κ1) is 16.0. The predicted octanol–water partition coefficient (Wildman–Crippen LogP) is 2.45. The summed E-state index contributed by atoms with van der Waals surface area (Å²) < 4.78 is 1.96. The Balaban J connectivity index is 1.85. The van der Waals surface area contributed by atoms with Gasteiger partial charge in [0.15, 0.2) is 5.69 Å². The molecule has 1 aliphatic carbocycles. The van der Waals surface area contributed by atoms with Crippen LogP contribution < -0.4 is 0 Å².